The van der Waals surface area contributed by atoms with Crippen LogP contribution in [0.3, 0.4) is 0 Å². The minimum Gasteiger partial charge on any atom is -0.445 e. The van der Waals surface area contributed by atoms with Gasteiger partial charge in [0.05, 0.1) is 12.1 Å². The predicted octanol–water partition coefficient (Wildman–Crippen LogP) is 3.39. The van der Waals surface area contributed by atoms with Gasteiger partial charge in [-0.25, -0.2) is 4.79 Å². The zero-order valence-corrected chi connectivity index (χ0v) is 13.7. The summed E-state index contributed by atoms with van der Waals surface area (Å²) < 4.78 is 5.46. The second-order valence-corrected chi connectivity index (χ2v) is 6.20. The van der Waals surface area contributed by atoms with E-state index in [4.69, 9.17) is 4.74 Å². The van der Waals surface area contributed by atoms with Crippen molar-refractivity contribution < 1.29 is 14.6 Å². The molecular weight excluding hydrogens is 302 g/mol. The number of aliphatic hydroxyl groups is 1. The topological polar surface area (TPSA) is 49.8 Å². The lowest BCUT2D eigenvalue weighted by Crippen LogP contribution is -2.52. The maximum Gasteiger partial charge on any atom is 0.410 e. The number of hydrogen-bond acceptors (Lipinski definition) is 3. The van der Waals surface area contributed by atoms with Crippen molar-refractivity contribution in [2.45, 2.75) is 38.0 Å². The van der Waals surface area contributed by atoms with Crippen LogP contribution in [0.5, 0.6) is 0 Å². The van der Waals surface area contributed by atoms with Gasteiger partial charge in [-0.05, 0) is 30.4 Å². The van der Waals surface area contributed by atoms with Gasteiger partial charge < -0.3 is 14.7 Å². The number of nitrogens with zero attached hydrogens (tertiary/aromatic N) is 1. The van der Waals surface area contributed by atoms with Crippen molar-refractivity contribution in [2.75, 3.05) is 6.54 Å². The fraction of sp³-hybridized carbons (Fsp3) is 0.350. The average Bonchev–Trinajstić information content (AvgIpc) is 2.63. The largest absolute Gasteiger partial charge is 0.445 e. The molecule has 0 bridgehead atoms. The van der Waals surface area contributed by atoms with E-state index in [2.05, 4.69) is 0 Å². The van der Waals surface area contributed by atoms with Crippen LogP contribution in [0.15, 0.2) is 60.7 Å². The highest BCUT2D eigenvalue weighted by Crippen LogP contribution is 2.22. The lowest BCUT2D eigenvalue weighted by molar-refractivity contribution is 0.00363. The standard InChI is InChI=1S/C20H23NO3/c22-19-12-7-13-21(18(19)14-16-8-3-1-4-9-16)20(23)24-15-17-10-5-2-6-11-17/h1-6,8-11,18-19,22H,7,12-15H2. The van der Waals surface area contributed by atoms with E-state index in [0.717, 1.165) is 24.0 Å². The van der Waals surface area contributed by atoms with Gasteiger partial charge in [-0.15, -0.1) is 0 Å². The highest BCUT2D eigenvalue weighted by Gasteiger charge is 2.34. The van der Waals surface area contributed by atoms with Crippen LogP contribution in [-0.4, -0.2) is 34.8 Å². The summed E-state index contributed by atoms with van der Waals surface area (Å²) in [5.41, 5.74) is 2.08. The lowest BCUT2D eigenvalue weighted by atomic mass is 9.93. The summed E-state index contributed by atoms with van der Waals surface area (Å²) in [7, 11) is 0. The lowest BCUT2D eigenvalue weighted by Gasteiger charge is -2.38. The maximum absolute atomic E-state index is 12.5. The van der Waals surface area contributed by atoms with Crippen LogP contribution in [0.2, 0.25) is 0 Å². The fourth-order valence-electron chi connectivity index (χ4n) is 3.17. The van der Waals surface area contributed by atoms with Crippen molar-refractivity contribution in [3.8, 4) is 0 Å². The molecule has 0 aromatic heterocycles. The molecule has 4 heteroatoms. The molecule has 1 fully saturated rings. The van der Waals surface area contributed by atoms with Crippen LogP contribution in [0.25, 0.3) is 0 Å². The van der Waals surface area contributed by atoms with Crippen molar-refractivity contribution in [3.63, 3.8) is 0 Å². The minimum absolute atomic E-state index is 0.232. The quantitative estimate of drug-likeness (QED) is 0.937. The Balaban J connectivity index is 1.65. The smallest absolute Gasteiger partial charge is 0.410 e. The normalized spacial score (nSPS) is 20.6. The van der Waals surface area contributed by atoms with Crippen LogP contribution < -0.4 is 0 Å². The molecule has 3 rings (SSSR count). The highest BCUT2D eigenvalue weighted by atomic mass is 16.6. The Morgan fingerprint density at radius 2 is 1.67 bits per heavy atom. The van der Waals surface area contributed by atoms with Crippen LogP contribution in [0, 0.1) is 0 Å². The monoisotopic (exact) mass is 325 g/mol. The van der Waals surface area contributed by atoms with Crippen molar-refractivity contribution >= 4 is 6.09 Å². The van der Waals surface area contributed by atoms with E-state index in [1.165, 1.54) is 0 Å². The number of rotatable bonds is 4. The maximum atomic E-state index is 12.5. The van der Waals surface area contributed by atoms with E-state index in [1.807, 2.05) is 60.7 Å². The van der Waals surface area contributed by atoms with Gasteiger partial charge in [0.15, 0.2) is 0 Å². The molecular formula is C20H23NO3. The second-order valence-electron chi connectivity index (χ2n) is 6.20. The molecule has 2 aromatic rings. The zero-order valence-electron chi connectivity index (χ0n) is 13.7. The Kier molecular flexibility index (Phi) is 5.49. The molecule has 1 amide bonds. The number of benzene rings is 2. The summed E-state index contributed by atoms with van der Waals surface area (Å²) >= 11 is 0. The molecule has 1 aliphatic heterocycles. The Morgan fingerprint density at radius 1 is 1.04 bits per heavy atom. The SMILES string of the molecule is O=C(OCc1ccccc1)N1CCCC(O)C1Cc1ccccc1. The van der Waals surface area contributed by atoms with Gasteiger partial charge in [-0.1, -0.05) is 60.7 Å². The molecule has 0 spiro atoms. The van der Waals surface area contributed by atoms with Crippen molar-refractivity contribution in [1.29, 1.82) is 0 Å². The number of carbonyl (C=O) groups excluding carboxylic acids is 1. The van der Waals surface area contributed by atoms with E-state index in [-0.39, 0.29) is 18.7 Å². The van der Waals surface area contributed by atoms with Gasteiger partial charge in [0.1, 0.15) is 6.61 Å². The summed E-state index contributed by atoms with van der Waals surface area (Å²) in [4.78, 5) is 14.2. The molecule has 1 heterocycles. The van der Waals surface area contributed by atoms with Crippen LogP contribution in [-0.2, 0) is 17.8 Å². The van der Waals surface area contributed by atoms with E-state index >= 15 is 0 Å². The summed E-state index contributed by atoms with van der Waals surface area (Å²) in [6.07, 6.45) is 1.30. The minimum atomic E-state index is -0.511. The Hall–Kier alpha value is -2.33. The van der Waals surface area contributed by atoms with E-state index in [1.54, 1.807) is 4.90 Å². The van der Waals surface area contributed by atoms with Crippen molar-refractivity contribution in [1.82, 2.24) is 4.90 Å². The predicted molar refractivity (Wildman–Crippen MR) is 92.5 cm³/mol. The average molecular weight is 325 g/mol. The fourth-order valence-corrected chi connectivity index (χ4v) is 3.17. The Labute approximate surface area is 142 Å². The van der Waals surface area contributed by atoms with Crippen LogP contribution >= 0.6 is 0 Å². The number of ether oxygens (including phenoxy) is 1. The second kappa shape index (κ2) is 7.97. The molecule has 126 valence electrons. The number of piperidine rings is 1. The van der Waals surface area contributed by atoms with E-state index < -0.39 is 6.10 Å². The first-order valence-electron chi connectivity index (χ1n) is 8.43. The van der Waals surface area contributed by atoms with Gasteiger partial charge in [0.2, 0.25) is 0 Å². The summed E-state index contributed by atoms with van der Waals surface area (Å²) in [5.74, 6) is 0. The van der Waals surface area contributed by atoms with E-state index in [9.17, 15) is 9.90 Å². The molecule has 1 saturated heterocycles. The van der Waals surface area contributed by atoms with Gasteiger partial charge in [-0.3, -0.25) is 0 Å². The number of carbonyl (C=O) groups is 1. The molecule has 4 nitrogen and oxygen atoms in total. The number of likely N-dealkylation sites (tertiary alicyclic amines) is 1. The molecule has 1 N–H and O–H groups in total. The van der Waals surface area contributed by atoms with Gasteiger partial charge in [0.25, 0.3) is 0 Å². The zero-order chi connectivity index (χ0) is 16.8. The van der Waals surface area contributed by atoms with Crippen LogP contribution in [0.4, 0.5) is 4.79 Å². The van der Waals surface area contributed by atoms with Gasteiger partial charge in [-0.2, -0.15) is 0 Å². The van der Waals surface area contributed by atoms with Crippen molar-refractivity contribution in [2.24, 2.45) is 0 Å². The number of amides is 1. The van der Waals surface area contributed by atoms with Crippen LogP contribution in [0.1, 0.15) is 24.0 Å². The summed E-state index contributed by atoms with van der Waals surface area (Å²) in [6, 6.07) is 19.4. The number of aliphatic hydroxyl groups excluding tert-OH is 1. The first-order chi connectivity index (χ1) is 11.7. The summed E-state index contributed by atoms with van der Waals surface area (Å²) in [5, 5.41) is 10.4. The Bertz CT molecular complexity index is 644. The third kappa shape index (κ3) is 4.15. The van der Waals surface area contributed by atoms with Crippen molar-refractivity contribution in [3.05, 3.63) is 71.8 Å². The van der Waals surface area contributed by atoms with Gasteiger partial charge in [0, 0.05) is 6.54 Å². The molecule has 24 heavy (non-hydrogen) atoms. The first kappa shape index (κ1) is 16.5. The molecule has 1 aliphatic rings. The molecule has 0 saturated carbocycles. The molecule has 0 radical (unpaired) electrons. The molecule has 2 unspecified atom stereocenters. The third-order valence-corrected chi connectivity index (χ3v) is 4.47. The first-order valence-corrected chi connectivity index (χ1v) is 8.43. The highest BCUT2D eigenvalue weighted by molar-refractivity contribution is 5.68. The Morgan fingerprint density at radius 3 is 2.33 bits per heavy atom. The molecule has 2 aromatic carbocycles. The molecule has 0 aliphatic carbocycles. The molecule has 2 atom stereocenters. The summed E-state index contributed by atoms with van der Waals surface area (Å²) in [6.45, 7) is 0.881. The van der Waals surface area contributed by atoms with Gasteiger partial charge >= 0.3 is 6.09 Å². The number of hydrogen-bond donors (Lipinski definition) is 1. The third-order valence-electron chi connectivity index (χ3n) is 4.47. The van der Waals surface area contributed by atoms with E-state index in [0.29, 0.717) is 13.0 Å².